The van der Waals surface area contributed by atoms with Gasteiger partial charge in [0.15, 0.2) is 0 Å². The van der Waals surface area contributed by atoms with Gasteiger partial charge in [-0.3, -0.25) is 23.9 Å². The van der Waals surface area contributed by atoms with Gasteiger partial charge in [-0.25, -0.2) is 4.68 Å². The Morgan fingerprint density at radius 2 is 1.72 bits per heavy atom. The molecule has 10 heteroatoms. The molecule has 3 unspecified atom stereocenters. The Morgan fingerprint density at radius 3 is 2.38 bits per heavy atom. The summed E-state index contributed by atoms with van der Waals surface area (Å²) in [6.45, 7) is 3.68. The van der Waals surface area contributed by atoms with E-state index < -0.39 is 23.1 Å². The number of carboxylic acids is 1. The maximum atomic E-state index is 13.3. The van der Waals surface area contributed by atoms with E-state index in [0.29, 0.717) is 36.3 Å². The monoisotopic (exact) mass is 548 g/mol. The van der Waals surface area contributed by atoms with Crippen LogP contribution in [0.5, 0.6) is 0 Å². The number of aliphatic carboxylic acids is 1. The van der Waals surface area contributed by atoms with Crippen molar-refractivity contribution in [2.24, 2.45) is 18.9 Å². The van der Waals surface area contributed by atoms with Crippen LogP contribution in [0.4, 0.5) is 11.4 Å². The molecule has 1 heterocycles. The zero-order valence-electron chi connectivity index (χ0n) is 22.1. The van der Waals surface area contributed by atoms with E-state index in [0.717, 1.165) is 4.90 Å². The van der Waals surface area contributed by atoms with Crippen molar-refractivity contribution in [1.29, 1.82) is 0 Å². The van der Waals surface area contributed by atoms with E-state index in [9.17, 15) is 24.3 Å². The number of amides is 2. The first-order valence-corrected chi connectivity index (χ1v) is 13.7. The molecule has 0 aliphatic heterocycles. The van der Waals surface area contributed by atoms with Crippen LogP contribution in [-0.4, -0.2) is 37.5 Å². The number of carbonyl (C=O) groups is 3. The van der Waals surface area contributed by atoms with Gasteiger partial charge < -0.3 is 15.7 Å². The Kier molecular flexibility index (Phi) is 8.75. The average Bonchev–Trinajstić information content (AvgIpc) is 3.15. The van der Waals surface area contributed by atoms with Crippen LogP contribution in [0.2, 0.25) is 0 Å². The van der Waals surface area contributed by atoms with Crippen molar-refractivity contribution in [2.45, 2.75) is 43.3 Å². The Labute approximate surface area is 230 Å². The van der Waals surface area contributed by atoms with Gasteiger partial charge >= 0.3 is 5.97 Å². The first kappa shape index (κ1) is 28.0. The van der Waals surface area contributed by atoms with Gasteiger partial charge in [-0.1, -0.05) is 43.3 Å². The minimum Gasteiger partial charge on any atom is -0.481 e. The van der Waals surface area contributed by atoms with Gasteiger partial charge in [-0.2, -0.15) is 0 Å². The van der Waals surface area contributed by atoms with E-state index in [-0.39, 0.29) is 23.1 Å². The number of allylic oxidation sites excluding steroid dienone is 2. The maximum Gasteiger partial charge on any atom is 0.307 e. The highest BCUT2D eigenvalue weighted by Crippen LogP contribution is 2.31. The molecule has 3 N–H and O–H groups in total. The molecule has 9 nitrogen and oxygen atoms in total. The number of anilines is 2. The predicted molar refractivity (Wildman–Crippen MR) is 152 cm³/mol. The van der Waals surface area contributed by atoms with Crippen LogP contribution in [0.1, 0.15) is 31.9 Å². The normalized spacial score (nSPS) is 17.4. The highest BCUT2D eigenvalue weighted by molar-refractivity contribution is 8.00. The van der Waals surface area contributed by atoms with E-state index in [1.807, 2.05) is 49.4 Å². The third kappa shape index (κ3) is 6.17. The van der Waals surface area contributed by atoms with Crippen LogP contribution in [0.25, 0.3) is 5.69 Å². The lowest BCUT2D eigenvalue weighted by atomic mass is 9.82. The lowest BCUT2D eigenvalue weighted by molar-refractivity contribution is -0.146. The smallest absolute Gasteiger partial charge is 0.307 e. The summed E-state index contributed by atoms with van der Waals surface area (Å²) in [6, 6.07) is 16.3. The molecule has 0 bridgehead atoms. The first-order valence-electron chi connectivity index (χ1n) is 12.8. The van der Waals surface area contributed by atoms with E-state index >= 15 is 0 Å². The Bertz CT molecular complexity index is 1460. The van der Waals surface area contributed by atoms with Crippen LogP contribution in [0.3, 0.4) is 0 Å². The number of hydrogen-bond acceptors (Lipinski definition) is 5. The molecule has 204 valence electrons. The van der Waals surface area contributed by atoms with Crippen molar-refractivity contribution >= 4 is 40.9 Å². The highest BCUT2D eigenvalue weighted by Gasteiger charge is 2.34. The molecule has 2 aromatic carbocycles. The lowest BCUT2D eigenvalue weighted by Crippen LogP contribution is -2.34. The summed E-state index contributed by atoms with van der Waals surface area (Å²) in [7, 11) is 1.77. The van der Waals surface area contributed by atoms with Crippen molar-refractivity contribution in [3.63, 3.8) is 0 Å². The number of nitrogens with one attached hydrogen (secondary N) is 2. The highest BCUT2D eigenvalue weighted by atomic mass is 32.2. The molecular formula is C29H32N4O5S. The molecular weight excluding hydrogens is 516 g/mol. The Hall–Kier alpha value is -4.05. The van der Waals surface area contributed by atoms with Crippen LogP contribution in [0.15, 0.2) is 76.4 Å². The number of nitrogens with zero attached hydrogens (tertiary/aromatic N) is 2. The second-order valence-corrected chi connectivity index (χ2v) is 10.7. The Balaban J connectivity index is 1.47. The number of hydrogen-bond donors (Lipinski definition) is 3. The third-order valence-electron chi connectivity index (χ3n) is 6.93. The van der Waals surface area contributed by atoms with Gasteiger partial charge in [0.05, 0.1) is 28.5 Å². The molecule has 0 spiro atoms. The molecule has 4 rings (SSSR count). The number of benzene rings is 2. The fraction of sp³-hybridized carbons (Fsp3) is 0.310. The third-order valence-corrected chi connectivity index (χ3v) is 8.29. The van der Waals surface area contributed by atoms with Gasteiger partial charge in [0, 0.05) is 17.6 Å². The van der Waals surface area contributed by atoms with E-state index in [4.69, 9.17) is 0 Å². The summed E-state index contributed by atoms with van der Waals surface area (Å²) in [6.07, 6.45) is 4.85. The van der Waals surface area contributed by atoms with Crippen molar-refractivity contribution in [3.05, 3.63) is 82.8 Å². The quantitative estimate of drug-likeness (QED) is 0.265. The van der Waals surface area contributed by atoms with E-state index in [1.54, 1.807) is 42.9 Å². The van der Waals surface area contributed by atoms with Crippen LogP contribution >= 0.6 is 11.8 Å². The van der Waals surface area contributed by atoms with E-state index in [2.05, 4.69) is 10.6 Å². The van der Waals surface area contributed by atoms with Gasteiger partial charge in [-0.05, 0) is 56.5 Å². The van der Waals surface area contributed by atoms with Crippen molar-refractivity contribution in [3.8, 4) is 5.69 Å². The lowest BCUT2D eigenvalue weighted by Gasteiger charge is -2.24. The topological polar surface area (TPSA) is 122 Å². The van der Waals surface area contributed by atoms with Crippen molar-refractivity contribution in [2.75, 3.05) is 10.6 Å². The molecule has 2 amide bonds. The first-order chi connectivity index (χ1) is 18.7. The SMILES string of the molecule is CCC(Sc1cccc(NC(=O)C2CC=CCC2C(=O)O)c1)C(=O)Nc1c(C)n(C)n(-c2ccccc2)c1=O. The predicted octanol–water partition coefficient (Wildman–Crippen LogP) is 4.60. The fourth-order valence-electron chi connectivity index (χ4n) is 4.66. The molecule has 0 radical (unpaired) electrons. The molecule has 3 aromatic rings. The summed E-state index contributed by atoms with van der Waals surface area (Å²) in [4.78, 5) is 51.7. The Morgan fingerprint density at radius 1 is 1.03 bits per heavy atom. The summed E-state index contributed by atoms with van der Waals surface area (Å²) in [5.41, 5.74) is 1.80. The minimum atomic E-state index is -0.982. The number of carbonyl (C=O) groups excluding carboxylic acids is 2. The zero-order chi connectivity index (χ0) is 28.1. The summed E-state index contributed by atoms with van der Waals surface area (Å²) >= 11 is 1.33. The standard InChI is InChI=1S/C29H32N4O5S/c1-4-24(27(35)31-25-18(2)32(3)33(28(25)36)20-12-6-5-7-13-20)39-21-14-10-11-19(17-21)30-26(34)22-15-8-9-16-23(22)29(37)38/h5-14,17,22-24H,4,15-16H2,1-3H3,(H,30,34)(H,31,35)(H,37,38). The second kappa shape index (κ2) is 12.2. The molecule has 1 aliphatic carbocycles. The number of aromatic nitrogens is 2. The molecule has 39 heavy (non-hydrogen) atoms. The minimum absolute atomic E-state index is 0.237. The van der Waals surface area contributed by atoms with Crippen LogP contribution in [-0.2, 0) is 21.4 Å². The molecule has 0 saturated carbocycles. The molecule has 1 aliphatic rings. The second-order valence-electron chi connectivity index (χ2n) is 9.45. The summed E-state index contributed by atoms with van der Waals surface area (Å²) in [5.74, 6) is -3.01. The fourth-order valence-corrected chi connectivity index (χ4v) is 5.67. The molecule has 3 atom stereocenters. The van der Waals surface area contributed by atoms with E-state index in [1.165, 1.54) is 16.4 Å². The average molecular weight is 549 g/mol. The van der Waals surface area contributed by atoms with Gasteiger partial charge in [0.25, 0.3) is 5.56 Å². The number of rotatable bonds is 9. The van der Waals surface area contributed by atoms with Crippen molar-refractivity contribution < 1.29 is 19.5 Å². The summed E-state index contributed by atoms with van der Waals surface area (Å²) < 4.78 is 3.23. The van der Waals surface area contributed by atoms with Crippen molar-refractivity contribution in [1.82, 2.24) is 9.36 Å². The summed E-state index contributed by atoms with van der Waals surface area (Å²) in [5, 5.41) is 14.7. The molecule has 0 fully saturated rings. The number of para-hydroxylation sites is 1. The van der Waals surface area contributed by atoms with Gasteiger partial charge in [0.2, 0.25) is 11.8 Å². The van der Waals surface area contributed by atoms with Crippen LogP contribution in [0, 0.1) is 18.8 Å². The van der Waals surface area contributed by atoms with Gasteiger partial charge in [0.1, 0.15) is 5.69 Å². The maximum absolute atomic E-state index is 13.3. The van der Waals surface area contributed by atoms with Crippen LogP contribution < -0.4 is 16.2 Å². The molecule has 1 aromatic heterocycles. The number of carboxylic acid groups (broad SMARTS) is 1. The largest absolute Gasteiger partial charge is 0.481 e. The molecule has 0 saturated heterocycles. The number of thioether (sulfide) groups is 1. The zero-order valence-corrected chi connectivity index (χ0v) is 22.9. The van der Waals surface area contributed by atoms with Gasteiger partial charge in [-0.15, -0.1) is 11.8 Å².